The molecule has 17 rings (SSSR count). The van der Waals surface area contributed by atoms with Crippen molar-refractivity contribution in [3.63, 3.8) is 0 Å². The first kappa shape index (κ1) is 50.2. The molecule has 2 aliphatic carbocycles. The highest BCUT2D eigenvalue weighted by atomic mass is 15.1. The van der Waals surface area contributed by atoms with Gasteiger partial charge in [-0.2, -0.15) is 0 Å². The number of benzene rings is 15. The molecule has 2 heteroatoms. The van der Waals surface area contributed by atoms with Crippen LogP contribution in [0.3, 0.4) is 0 Å². The van der Waals surface area contributed by atoms with Crippen molar-refractivity contribution in [3.8, 4) is 66.8 Å². The van der Waals surface area contributed by atoms with Crippen LogP contribution in [0.25, 0.3) is 99.1 Å². The predicted octanol–water partition coefficient (Wildman–Crippen LogP) is 23.1. The maximum atomic E-state index is 2.46. The van der Waals surface area contributed by atoms with Gasteiger partial charge in [0.15, 0.2) is 0 Å². The fourth-order valence-corrected chi connectivity index (χ4v) is 14.7. The van der Waals surface area contributed by atoms with Gasteiger partial charge < -0.3 is 9.80 Å². The molecule has 0 radical (unpaired) electrons. The molecule has 0 bridgehead atoms. The molecular weight excluding hydrogens is 1050 g/mol. The fourth-order valence-electron chi connectivity index (χ4n) is 14.7. The molecule has 87 heavy (non-hydrogen) atoms. The van der Waals surface area contributed by atoms with Crippen molar-refractivity contribution < 1.29 is 0 Å². The van der Waals surface area contributed by atoms with Crippen LogP contribution in [-0.2, 0) is 5.41 Å². The van der Waals surface area contributed by atoms with Crippen molar-refractivity contribution in [2.24, 2.45) is 0 Å². The van der Waals surface area contributed by atoms with Crippen LogP contribution in [0.1, 0.15) is 22.3 Å². The van der Waals surface area contributed by atoms with Gasteiger partial charge >= 0.3 is 0 Å². The summed E-state index contributed by atoms with van der Waals surface area (Å²) < 4.78 is 0. The lowest BCUT2D eigenvalue weighted by molar-refractivity contribution is 0.810. The summed E-state index contributed by atoms with van der Waals surface area (Å²) >= 11 is 0. The van der Waals surface area contributed by atoms with Gasteiger partial charge in [-0.3, -0.25) is 0 Å². The van der Waals surface area contributed by atoms with E-state index < -0.39 is 5.41 Å². The third kappa shape index (κ3) is 8.03. The number of anilines is 6. The Labute approximate surface area is 507 Å². The fraction of sp³-hybridized carbons (Fsp3) is 0.0118. The molecule has 0 saturated carbocycles. The molecule has 15 aromatic rings. The van der Waals surface area contributed by atoms with E-state index in [9.17, 15) is 0 Å². The molecular formula is C85H56N2. The molecule has 2 aliphatic rings. The normalized spacial score (nSPS) is 12.5. The van der Waals surface area contributed by atoms with Gasteiger partial charge in [0.05, 0.1) is 16.8 Å². The molecule has 0 atom stereocenters. The van der Waals surface area contributed by atoms with Crippen LogP contribution < -0.4 is 9.80 Å². The predicted molar refractivity (Wildman–Crippen MR) is 366 cm³/mol. The molecule has 2 nitrogen and oxygen atoms in total. The van der Waals surface area contributed by atoms with Gasteiger partial charge in [0.2, 0.25) is 0 Å². The Morgan fingerprint density at radius 1 is 0.207 bits per heavy atom. The summed E-state index contributed by atoms with van der Waals surface area (Å²) in [7, 11) is 0. The highest BCUT2D eigenvalue weighted by Crippen LogP contribution is 2.66. The van der Waals surface area contributed by atoms with Crippen LogP contribution in [0.2, 0.25) is 0 Å². The molecule has 0 saturated heterocycles. The van der Waals surface area contributed by atoms with Crippen molar-refractivity contribution in [2.75, 3.05) is 9.80 Å². The lowest BCUT2D eigenvalue weighted by atomic mass is 9.68. The molecule has 0 aliphatic heterocycles. The number of hydrogen-bond donors (Lipinski definition) is 0. The minimum Gasteiger partial charge on any atom is -0.310 e. The smallest absolute Gasteiger partial charge is 0.0737 e. The van der Waals surface area contributed by atoms with E-state index in [2.05, 4.69) is 350 Å². The first-order valence-corrected chi connectivity index (χ1v) is 30.1. The van der Waals surface area contributed by atoms with E-state index in [0.717, 1.165) is 56.4 Å². The summed E-state index contributed by atoms with van der Waals surface area (Å²) in [5.74, 6) is 0. The number of nitrogens with zero attached hydrogens (tertiary/aromatic N) is 2. The van der Waals surface area contributed by atoms with Crippen molar-refractivity contribution in [1.29, 1.82) is 0 Å². The lowest BCUT2D eigenvalue weighted by Gasteiger charge is -2.33. The summed E-state index contributed by atoms with van der Waals surface area (Å²) in [5, 5.41) is 7.37. The van der Waals surface area contributed by atoms with Crippen molar-refractivity contribution >= 4 is 66.4 Å². The van der Waals surface area contributed by atoms with Crippen molar-refractivity contribution in [1.82, 2.24) is 0 Å². The first-order valence-electron chi connectivity index (χ1n) is 30.1. The Kier molecular flexibility index (Phi) is 11.8. The van der Waals surface area contributed by atoms with E-state index in [1.807, 2.05) is 0 Å². The SMILES string of the molecule is c1ccc(-c2ccc(N(c3ccccc3)c3ccc4c5c(ccc4c3)-c3ccc4cc(N(c6ccccc6)c6ccc(-c7ccccc7)cc6-c6ccccc6)ccc4c3C53c4ccccc4-c4c3ccc3ccccc43)c(-c3ccccc3)c2)cc1. The maximum absolute atomic E-state index is 2.46. The second kappa shape index (κ2) is 20.5. The zero-order chi connectivity index (χ0) is 57.4. The molecule has 0 heterocycles. The van der Waals surface area contributed by atoms with E-state index in [1.165, 1.54) is 99.1 Å². The van der Waals surface area contributed by atoms with Crippen LogP contribution in [0.15, 0.2) is 340 Å². The summed E-state index contributed by atoms with van der Waals surface area (Å²) in [6, 6.07) is 126. The molecule has 0 unspecified atom stereocenters. The topological polar surface area (TPSA) is 6.48 Å². The maximum Gasteiger partial charge on any atom is 0.0737 e. The Morgan fingerprint density at radius 2 is 0.621 bits per heavy atom. The summed E-state index contributed by atoms with van der Waals surface area (Å²) in [6.45, 7) is 0. The number of para-hydroxylation sites is 2. The van der Waals surface area contributed by atoms with Crippen molar-refractivity contribution in [2.45, 2.75) is 5.41 Å². The number of fused-ring (bicyclic) bond motifs is 16. The summed E-state index contributed by atoms with van der Waals surface area (Å²) in [5.41, 5.74) is 25.8. The number of hydrogen-bond acceptors (Lipinski definition) is 2. The Morgan fingerprint density at radius 3 is 1.11 bits per heavy atom. The molecule has 15 aromatic carbocycles. The Balaban J connectivity index is 0.892. The highest BCUT2D eigenvalue weighted by molar-refractivity contribution is 6.13. The van der Waals surface area contributed by atoms with E-state index in [-0.39, 0.29) is 0 Å². The van der Waals surface area contributed by atoms with Gasteiger partial charge in [-0.1, -0.05) is 267 Å². The zero-order valence-electron chi connectivity index (χ0n) is 47.7. The van der Waals surface area contributed by atoms with Gasteiger partial charge in [-0.05, 0) is 183 Å². The first-order chi connectivity index (χ1) is 43.2. The molecule has 0 aromatic heterocycles. The van der Waals surface area contributed by atoms with E-state index >= 15 is 0 Å². The van der Waals surface area contributed by atoms with Gasteiger partial charge in [0.1, 0.15) is 0 Å². The van der Waals surface area contributed by atoms with E-state index in [4.69, 9.17) is 0 Å². The van der Waals surface area contributed by atoms with Crippen LogP contribution >= 0.6 is 0 Å². The quantitative estimate of drug-likeness (QED) is 0.135. The average molecular weight is 1110 g/mol. The van der Waals surface area contributed by atoms with Gasteiger partial charge in [0.25, 0.3) is 0 Å². The second-order valence-corrected chi connectivity index (χ2v) is 23.1. The standard InChI is InChI=1S/C85H56N2/c1-7-23-57(24-8-1)62-42-51-80(76(55-62)59-27-11-3-12-28-59)86(66-32-15-5-16-33-66)68-44-48-71-64(53-68)39-46-73-74-47-40-65-54-69(87(67-34-17-6-18-35-67)81-52-43-63(58-25-9-2-10-26-58)56-77(81)60-29-13-4-14-30-60)45-49-72(65)84(74)85(83(71)73)78-38-22-21-37-75(78)82-70-36-20-19-31-61(70)41-50-79(82)85/h1-56H. The van der Waals surface area contributed by atoms with E-state index in [0.29, 0.717) is 0 Å². The molecule has 0 N–H and O–H groups in total. The minimum absolute atomic E-state index is 0.664. The second-order valence-electron chi connectivity index (χ2n) is 23.1. The Bertz CT molecular complexity index is 4880. The van der Waals surface area contributed by atoms with Gasteiger partial charge in [0, 0.05) is 33.9 Å². The summed E-state index contributed by atoms with van der Waals surface area (Å²) in [6.07, 6.45) is 0. The molecule has 406 valence electrons. The third-order valence-electron chi connectivity index (χ3n) is 18.4. The van der Waals surface area contributed by atoms with Crippen molar-refractivity contribution in [3.05, 3.63) is 362 Å². The van der Waals surface area contributed by atoms with Gasteiger partial charge in [-0.25, -0.2) is 0 Å². The molecule has 0 fully saturated rings. The van der Waals surface area contributed by atoms with Crippen LogP contribution in [0.4, 0.5) is 34.1 Å². The Hall–Kier alpha value is -11.3. The highest BCUT2D eigenvalue weighted by Gasteiger charge is 2.53. The molecule has 0 amide bonds. The van der Waals surface area contributed by atoms with E-state index in [1.54, 1.807) is 0 Å². The van der Waals surface area contributed by atoms with Crippen LogP contribution in [-0.4, -0.2) is 0 Å². The molecule has 1 spiro atoms. The summed E-state index contributed by atoms with van der Waals surface area (Å²) in [4.78, 5) is 4.90. The average Bonchev–Trinajstić information content (AvgIpc) is 1.56. The zero-order valence-corrected chi connectivity index (χ0v) is 47.7. The largest absolute Gasteiger partial charge is 0.310 e. The van der Waals surface area contributed by atoms with Crippen LogP contribution in [0, 0.1) is 0 Å². The van der Waals surface area contributed by atoms with Gasteiger partial charge in [-0.15, -0.1) is 0 Å². The van der Waals surface area contributed by atoms with Crippen LogP contribution in [0.5, 0.6) is 0 Å². The lowest BCUT2D eigenvalue weighted by Crippen LogP contribution is -2.26. The number of rotatable bonds is 10. The monoisotopic (exact) mass is 1100 g/mol. The third-order valence-corrected chi connectivity index (χ3v) is 18.4. The minimum atomic E-state index is -0.664.